The minimum Gasteiger partial charge on any atom is -0.497 e. The molecule has 0 aromatic heterocycles. The fourth-order valence-corrected chi connectivity index (χ4v) is 4.66. The van der Waals surface area contributed by atoms with Crippen LogP contribution in [0.1, 0.15) is 34.8 Å². The van der Waals surface area contributed by atoms with E-state index in [1.165, 1.54) is 24.3 Å². The van der Waals surface area contributed by atoms with E-state index in [0.717, 1.165) is 24.2 Å². The van der Waals surface area contributed by atoms with Crippen molar-refractivity contribution in [3.05, 3.63) is 83.9 Å². The SMILES string of the molecule is COc1ccc(NS(=O)(=O)c2ccc(C(=O)NC(c3ccc(OC)cc3)C3CC3)cc2)cc1. The van der Waals surface area contributed by atoms with Crippen LogP contribution >= 0.6 is 0 Å². The topological polar surface area (TPSA) is 93.7 Å². The summed E-state index contributed by atoms with van der Waals surface area (Å²) in [7, 11) is -0.627. The van der Waals surface area contributed by atoms with E-state index in [-0.39, 0.29) is 16.8 Å². The van der Waals surface area contributed by atoms with Crippen molar-refractivity contribution >= 4 is 21.6 Å². The van der Waals surface area contributed by atoms with Crippen molar-refractivity contribution in [3.8, 4) is 11.5 Å². The van der Waals surface area contributed by atoms with Crippen LogP contribution in [0, 0.1) is 5.92 Å². The van der Waals surface area contributed by atoms with Crippen LogP contribution in [-0.4, -0.2) is 28.5 Å². The number of hydrogen-bond acceptors (Lipinski definition) is 5. The quantitative estimate of drug-likeness (QED) is 0.488. The van der Waals surface area contributed by atoms with Gasteiger partial charge in [0.15, 0.2) is 0 Å². The molecule has 8 heteroatoms. The zero-order valence-electron chi connectivity index (χ0n) is 18.4. The lowest BCUT2D eigenvalue weighted by Gasteiger charge is -2.19. The second kappa shape index (κ2) is 9.54. The number of carbonyl (C=O) groups excluding carboxylic acids is 1. The molecule has 0 radical (unpaired) electrons. The minimum atomic E-state index is -3.79. The molecule has 0 aliphatic heterocycles. The van der Waals surface area contributed by atoms with Crippen LogP contribution in [0.4, 0.5) is 5.69 Å². The van der Waals surface area contributed by atoms with Gasteiger partial charge in [0.25, 0.3) is 15.9 Å². The van der Waals surface area contributed by atoms with Gasteiger partial charge >= 0.3 is 0 Å². The number of benzene rings is 3. The molecule has 33 heavy (non-hydrogen) atoms. The maximum absolute atomic E-state index is 12.9. The fourth-order valence-electron chi connectivity index (χ4n) is 3.60. The Balaban J connectivity index is 1.45. The van der Waals surface area contributed by atoms with Crippen LogP contribution in [0.15, 0.2) is 77.7 Å². The van der Waals surface area contributed by atoms with Gasteiger partial charge in [-0.15, -0.1) is 0 Å². The standard InChI is InChI=1S/C25H26N2O5S/c1-31-21-11-5-18(6-12-21)24(17-3-4-17)26-25(28)19-7-15-23(16-8-19)33(29,30)27-20-9-13-22(32-2)14-10-20/h5-17,24,27H,3-4H2,1-2H3,(H,26,28). The monoisotopic (exact) mass is 466 g/mol. The van der Waals surface area contributed by atoms with Crippen molar-refractivity contribution in [3.63, 3.8) is 0 Å². The highest BCUT2D eigenvalue weighted by atomic mass is 32.2. The van der Waals surface area contributed by atoms with Crippen LogP contribution in [0.2, 0.25) is 0 Å². The van der Waals surface area contributed by atoms with Crippen LogP contribution in [-0.2, 0) is 10.0 Å². The van der Waals surface area contributed by atoms with E-state index in [1.54, 1.807) is 38.5 Å². The summed E-state index contributed by atoms with van der Waals surface area (Å²) in [5, 5.41) is 3.10. The molecular formula is C25H26N2O5S. The lowest BCUT2D eigenvalue weighted by molar-refractivity contribution is 0.0931. The first-order valence-electron chi connectivity index (χ1n) is 10.6. The average Bonchev–Trinajstić information content (AvgIpc) is 3.68. The van der Waals surface area contributed by atoms with E-state index in [2.05, 4.69) is 10.0 Å². The zero-order valence-corrected chi connectivity index (χ0v) is 19.3. The highest BCUT2D eigenvalue weighted by Crippen LogP contribution is 2.41. The molecule has 4 rings (SSSR count). The van der Waals surface area contributed by atoms with Crippen molar-refractivity contribution in [1.29, 1.82) is 0 Å². The van der Waals surface area contributed by atoms with E-state index in [4.69, 9.17) is 9.47 Å². The molecule has 1 unspecified atom stereocenters. The molecule has 0 heterocycles. The Morgan fingerprint density at radius 2 is 1.39 bits per heavy atom. The van der Waals surface area contributed by atoms with E-state index in [9.17, 15) is 13.2 Å². The molecule has 1 fully saturated rings. The number of nitrogens with one attached hydrogen (secondary N) is 2. The second-order valence-corrected chi connectivity index (χ2v) is 9.60. The molecule has 0 spiro atoms. The highest BCUT2D eigenvalue weighted by Gasteiger charge is 2.33. The molecule has 172 valence electrons. The normalized spacial score (nSPS) is 14.2. The number of rotatable bonds is 9. The number of hydrogen-bond donors (Lipinski definition) is 2. The maximum atomic E-state index is 12.9. The molecule has 3 aromatic carbocycles. The summed E-state index contributed by atoms with van der Waals surface area (Å²) in [4.78, 5) is 13.0. The molecular weight excluding hydrogens is 440 g/mol. The molecule has 0 bridgehead atoms. The first-order valence-corrected chi connectivity index (χ1v) is 12.1. The Morgan fingerprint density at radius 3 is 1.91 bits per heavy atom. The van der Waals surface area contributed by atoms with Crippen molar-refractivity contribution < 1.29 is 22.7 Å². The van der Waals surface area contributed by atoms with Crippen molar-refractivity contribution in [2.45, 2.75) is 23.8 Å². The summed E-state index contributed by atoms with van der Waals surface area (Å²) in [6.45, 7) is 0. The van der Waals surface area contributed by atoms with Crippen molar-refractivity contribution in [1.82, 2.24) is 5.32 Å². The molecule has 1 aliphatic carbocycles. The van der Waals surface area contributed by atoms with E-state index in [0.29, 0.717) is 22.9 Å². The maximum Gasteiger partial charge on any atom is 0.261 e. The molecule has 1 saturated carbocycles. The zero-order chi connectivity index (χ0) is 23.4. The summed E-state index contributed by atoms with van der Waals surface area (Å²) >= 11 is 0. The third-order valence-electron chi connectivity index (χ3n) is 5.62. The van der Waals surface area contributed by atoms with Crippen LogP contribution < -0.4 is 19.5 Å². The van der Waals surface area contributed by atoms with Gasteiger partial charge in [0, 0.05) is 11.3 Å². The number of amides is 1. The molecule has 7 nitrogen and oxygen atoms in total. The average molecular weight is 467 g/mol. The summed E-state index contributed by atoms with van der Waals surface area (Å²) in [5.41, 5.74) is 1.84. The number of methoxy groups -OCH3 is 2. The summed E-state index contributed by atoms with van der Waals surface area (Å²) < 4.78 is 38.2. The van der Waals surface area contributed by atoms with E-state index < -0.39 is 10.0 Å². The van der Waals surface area contributed by atoms with Gasteiger partial charge in [-0.3, -0.25) is 9.52 Å². The Kier molecular flexibility index (Phi) is 6.55. The predicted octanol–water partition coefficient (Wildman–Crippen LogP) is 4.39. The molecule has 1 atom stereocenters. The van der Waals surface area contributed by atoms with E-state index in [1.807, 2.05) is 24.3 Å². The van der Waals surface area contributed by atoms with Gasteiger partial charge in [0.05, 0.1) is 25.2 Å². The van der Waals surface area contributed by atoms with Crippen molar-refractivity contribution in [2.24, 2.45) is 5.92 Å². The van der Waals surface area contributed by atoms with E-state index >= 15 is 0 Å². The third-order valence-corrected chi connectivity index (χ3v) is 7.02. The fraction of sp³-hybridized carbons (Fsp3) is 0.240. The lowest BCUT2D eigenvalue weighted by Crippen LogP contribution is -2.29. The molecule has 1 aliphatic rings. The molecule has 0 saturated heterocycles. The van der Waals surface area contributed by atoms with Gasteiger partial charge in [-0.2, -0.15) is 0 Å². The van der Waals surface area contributed by atoms with Gasteiger partial charge in [-0.05, 0) is 85.0 Å². The molecule has 1 amide bonds. The summed E-state index contributed by atoms with van der Waals surface area (Å²) in [6.07, 6.45) is 2.12. The Morgan fingerprint density at radius 1 is 0.848 bits per heavy atom. The summed E-state index contributed by atoms with van der Waals surface area (Å²) in [5.74, 6) is 1.55. The lowest BCUT2D eigenvalue weighted by atomic mass is 10.0. The van der Waals surface area contributed by atoms with Crippen LogP contribution in [0.25, 0.3) is 0 Å². The third kappa shape index (κ3) is 5.46. The van der Waals surface area contributed by atoms with Gasteiger partial charge in [-0.1, -0.05) is 12.1 Å². The number of anilines is 1. The Hall–Kier alpha value is -3.52. The molecule has 3 aromatic rings. The highest BCUT2D eigenvalue weighted by molar-refractivity contribution is 7.92. The first-order chi connectivity index (χ1) is 15.9. The Bertz CT molecular complexity index is 1200. The van der Waals surface area contributed by atoms with Crippen molar-refractivity contribution in [2.75, 3.05) is 18.9 Å². The van der Waals surface area contributed by atoms with Crippen LogP contribution in [0.3, 0.4) is 0 Å². The summed E-state index contributed by atoms with van der Waals surface area (Å²) in [6, 6.07) is 20.1. The first kappa shape index (κ1) is 22.7. The van der Waals surface area contributed by atoms with Gasteiger partial charge in [-0.25, -0.2) is 8.42 Å². The number of carbonyl (C=O) groups is 1. The smallest absolute Gasteiger partial charge is 0.261 e. The number of sulfonamides is 1. The van der Waals surface area contributed by atoms with Gasteiger partial charge < -0.3 is 14.8 Å². The minimum absolute atomic E-state index is 0.0729. The van der Waals surface area contributed by atoms with Crippen LogP contribution in [0.5, 0.6) is 11.5 Å². The van der Waals surface area contributed by atoms with Gasteiger partial charge in [0.2, 0.25) is 0 Å². The number of ether oxygens (including phenoxy) is 2. The molecule has 2 N–H and O–H groups in total. The predicted molar refractivity (Wildman–Crippen MR) is 126 cm³/mol. The Labute approximate surface area is 193 Å². The largest absolute Gasteiger partial charge is 0.497 e. The van der Waals surface area contributed by atoms with Gasteiger partial charge in [0.1, 0.15) is 11.5 Å². The second-order valence-electron chi connectivity index (χ2n) is 7.92.